The number of aldehydes is 2. The van der Waals surface area contributed by atoms with E-state index in [1.54, 1.807) is 6.20 Å². The Hall–Kier alpha value is -3.53. The van der Waals surface area contributed by atoms with E-state index >= 15 is 0 Å². The van der Waals surface area contributed by atoms with Crippen LogP contribution in [0.4, 0.5) is 5.69 Å². The van der Waals surface area contributed by atoms with E-state index < -0.39 is 0 Å². The molecule has 0 spiro atoms. The Labute approximate surface area is 272 Å². The number of likely N-dealkylation sites (N-methyl/N-ethyl adjacent to an activating group) is 1. The number of carbonyl (C=O) groups excluding carboxylic acids is 2. The summed E-state index contributed by atoms with van der Waals surface area (Å²) in [6, 6.07) is 4.28. The Kier molecular flexibility index (Phi) is 20.1. The molecule has 250 valence electrons. The molecule has 3 heterocycles. The highest BCUT2D eigenvalue weighted by Crippen LogP contribution is 2.22. The molecule has 2 aromatic rings. The van der Waals surface area contributed by atoms with Gasteiger partial charge in [0, 0.05) is 69.1 Å². The molecule has 9 heteroatoms. The van der Waals surface area contributed by atoms with Gasteiger partial charge in [-0.2, -0.15) is 5.10 Å². The number of aromatic nitrogens is 2. The molecule has 0 aliphatic carbocycles. The van der Waals surface area contributed by atoms with E-state index in [-0.39, 0.29) is 0 Å². The topological polar surface area (TPSA) is 91.7 Å². The van der Waals surface area contributed by atoms with E-state index in [0.717, 1.165) is 106 Å². The molecule has 0 radical (unpaired) electrons. The summed E-state index contributed by atoms with van der Waals surface area (Å²) >= 11 is 0. The van der Waals surface area contributed by atoms with Gasteiger partial charge in [-0.1, -0.05) is 38.7 Å². The molecular formula is C36H58N6O3. The SMILES string of the molecule is C=C/C=C\C(=C/CCNC)N1CCN(C)CC1.CC.CNc1cc(C)c(C=O)cc1C.Cc1c(C=O)cnn1C1CCOCC1. The van der Waals surface area contributed by atoms with Crippen LogP contribution in [0, 0.1) is 20.8 Å². The summed E-state index contributed by atoms with van der Waals surface area (Å²) in [5, 5.41) is 10.5. The predicted molar refractivity (Wildman–Crippen MR) is 189 cm³/mol. The van der Waals surface area contributed by atoms with Crippen molar-refractivity contribution in [3.8, 4) is 0 Å². The average Bonchev–Trinajstić information content (AvgIpc) is 3.46. The van der Waals surface area contributed by atoms with Crippen LogP contribution in [0.2, 0.25) is 0 Å². The number of ether oxygens (including phenoxy) is 1. The Balaban J connectivity index is 0.000000333. The van der Waals surface area contributed by atoms with Gasteiger partial charge in [0.25, 0.3) is 0 Å². The van der Waals surface area contributed by atoms with Crippen LogP contribution in [-0.2, 0) is 4.74 Å². The molecule has 4 rings (SSSR count). The minimum atomic E-state index is 0.400. The fraction of sp³-hybridized carbons (Fsp3) is 0.528. The molecule has 2 N–H and O–H groups in total. The van der Waals surface area contributed by atoms with Gasteiger partial charge in [-0.3, -0.25) is 14.3 Å². The summed E-state index contributed by atoms with van der Waals surface area (Å²) in [4.78, 5) is 26.0. The second kappa shape index (κ2) is 22.9. The number of nitrogens with zero attached hydrogens (tertiary/aromatic N) is 4. The van der Waals surface area contributed by atoms with Crippen molar-refractivity contribution < 1.29 is 14.3 Å². The van der Waals surface area contributed by atoms with Crippen LogP contribution in [0.25, 0.3) is 0 Å². The summed E-state index contributed by atoms with van der Waals surface area (Å²) in [5.41, 5.74) is 6.95. The van der Waals surface area contributed by atoms with E-state index in [9.17, 15) is 9.59 Å². The number of nitrogens with one attached hydrogen (secondary N) is 2. The highest BCUT2D eigenvalue weighted by Gasteiger charge is 2.19. The van der Waals surface area contributed by atoms with Crippen molar-refractivity contribution in [2.75, 3.05) is 72.4 Å². The molecule has 2 saturated heterocycles. The van der Waals surface area contributed by atoms with Crippen molar-refractivity contribution in [1.82, 2.24) is 24.9 Å². The second-order valence-electron chi connectivity index (χ2n) is 10.9. The molecule has 0 bridgehead atoms. The third kappa shape index (κ3) is 13.6. The standard InChI is InChI=1S/C14H25N3.C10H14N2O2.C10H13NO.C2H6/c1-4-5-7-14(8-6-9-15-2)17-12-10-16(3)11-13-17;1-8-9(7-13)6-11-12(8)10-2-4-14-5-3-10;1-7-5-10(11-3)8(2)4-9(7)6-12;1-2/h4-5,7-8,15H,1,6,9-13H2,2-3H3;6-7,10H,2-5H2,1H3;4-6,11H,1-3H3;1-2H3/b7-5-,14-8+;;;. The number of carbonyl (C=O) groups is 2. The fourth-order valence-corrected chi connectivity index (χ4v) is 4.98. The van der Waals surface area contributed by atoms with Crippen molar-refractivity contribution in [3.05, 3.63) is 82.9 Å². The zero-order chi connectivity index (χ0) is 33.6. The maximum Gasteiger partial charge on any atom is 0.153 e. The van der Waals surface area contributed by atoms with E-state index in [2.05, 4.69) is 51.3 Å². The van der Waals surface area contributed by atoms with Crippen molar-refractivity contribution in [2.45, 2.75) is 59.9 Å². The first-order valence-corrected chi connectivity index (χ1v) is 16.2. The Morgan fingerprint density at radius 1 is 1.00 bits per heavy atom. The van der Waals surface area contributed by atoms with Gasteiger partial charge in [0.05, 0.1) is 17.8 Å². The van der Waals surface area contributed by atoms with E-state index in [4.69, 9.17) is 4.74 Å². The summed E-state index contributed by atoms with van der Waals surface area (Å²) in [7, 11) is 6.05. The first-order valence-electron chi connectivity index (χ1n) is 16.2. The normalized spacial score (nSPS) is 15.6. The summed E-state index contributed by atoms with van der Waals surface area (Å²) in [6.07, 6.45) is 14.8. The fourth-order valence-electron chi connectivity index (χ4n) is 4.98. The third-order valence-electron chi connectivity index (χ3n) is 7.77. The quantitative estimate of drug-likeness (QED) is 0.189. The van der Waals surface area contributed by atoms with Gasteiger partial charge in [0.1, 0.15) is 6.29 Å². The smallest absolute Gasteiger partial charge is 0.153 e. The van der Waals surface area contributed by atoms with Gasteiger partial charge in [0.15, 0.2) is 6.29 Å². The molecule has 45 heavy (non-hydrogen) atoms. The highest BCUT2D eigenvalue weighted by molar-refractivity contribution is 5.79. The number of piperazine rings is 1. The number of hydrogen-bond donors (Lipinski definition) is 2. The minimum absolute atomic E-state index is 0.400. The lowest BCUT2D eigenvalue weighted by molar-refractivity contribution is 0.0656. The number of anilines is 1. The second-order valence-corrected chi connectivity index (χ2v) is 10.9. The molecule has 2 fully saturated rings. The molecule has 1 aromatic carbocycles. The number of allylic oxidation sites excluding steroid dienone is 3. The summed E-state index contributed by atoms with van der Waals surface area (Å²) in [5.74, 6) is 0. The van der Waals surface area contributed by atoms with Crippen LogP contribution < -0.4 is 10.6 Å². The van der Waals surface area contributed by atoms with Gasteiger partial charge in [0.2, 0.25) is 0 Å². The molecule has 2 aliphatic rings. The lowest BCUT2D eigenvalue weighted by Crippen LogP contribution is -2.43. The van der Waals surface area contributed by atoms with Crippen LogP contribution in [0.3, 0.4) is 0 Å². The van der Waals surface area contributed by atoms with E-state index in [0.29, 0.717) is 11.6 Å². The average molecular weight is 623 g/mol. The molecule has 0 saturated carbocycles. The Bertz CT molecular complexity index is 1210. The molecular weight excluding hydrogens is 564 g/mol. The molecule has 0 atom stereocenters. The molecule has 0 unspecified atom stereocenters. The largest absolute Gasteiger partial charge is 0.388 e. The monoisotopic (exact) mass is 622 g/mol. The van der Waals surface area contributed by atoms with Crippen LogP contribution in [0.1, 0.15) is 76.7 Å². The molecule has 9 nitrogen and oxygen atoms in total. The number of hydrogen-bond acceptors (Lipinski definition) is 8. The maximum atomic E-state index is 10.6. The Morgan fingerprint density at radius 3 is 2.18 bits per heavy atom. The van der Waals surface area contributed by atoms with Crippen LogP contribution in [0.5, 0.6) is 0 Å². The Morgan fingerprint density at radius 2 is 1.64 bits per heavy atom. The maximum absolute atomic E-state index is 10.6. The van der Waals surface area contributed by atoms with E-state index in [1.807, 2.05) is 77.7 Å². The van der Waals surface area contributed by atoms with Crippen LogP contribution in [-0.4, -0.2) is 99.2 Å². The lowest BCUT2D eigenvalue weighted by Gasteiger charge is -2.34. The van der Waals surface area contributed by atoms with E-state index in [1.165, 1.54) is 5.70 Å². The lowest BCUT2D eigenvalue weighted by atomic mass is 10.0. The molecule has 1 aromatic heterocycles. The van der Waals surface area contributed by atoms with Crippen molar-refractivity contribution in [3.63, 3.8) is 0 Å². The van der Waals surface area contributed by atoms with Gasteiger partial charge < -0.3 is 25.2 Å². The third-order valence-corrected chi connectivity index (χ3v) is 7.77. The predicted octanol–water partition coefficient (Wildman–Crippen LogP) is 6.01. The first kappa shape index (κ1) is 39.5. The van der Waals surface area contributed by atoms with Crippen LogP contribution in [0.15, 0.2) is 54.9 Å². The van der Waals surface area contributed by atoms with Crippen LogP contribution >= 0.6 is 0 Å². The minimum Gasteiger partial charge on any atom is -0.388 e. The first-order chi connectivity index (χ1) is 21.8. The number of benzene rings is 1. The number of aryl methyl sites for hydroxylation is 2. The van der Waals surface area contributed by atoms with Crippen molar-refractivity contribution in [2.24, 2.45) is 0 Å². The van der Waals surface area contributed by atoms with Crippen molar-refractivity contribution in [1.29, 1.82) is 0 Å². The van der Waals surface area contributed by atoms with Gasteiger partial charge in [-0.25, -0.2) is 0 Å². The van der Waals surface area contributed by atoms with Gasteiger partial charge in [-0.15, -0.1) is 0 Å². The van der Waals surface area contributed by atoms with Gasteiger partial charge in [-0.05, 0) is 90.0 Å². The summed E-state index contributed by atoms with van der Waals surface area (Å²) < 4.78 is 7.23. The molecule has 2 aliphatic heterocycles. The zero-order valence-electron chi connectivity index (χ0n) is 29.1. The number of rotatable bonds is 10. The van der Waals surface area contributed by atoms with Gasteiger partial charge >= 0.3 is 0 Å². The zero-order valence-corrected chi connectivity index (χ0v) is 29.1. The van der Waals surface area contributed by atoms with Crippen molar-refractivity contribution >= 4 is 18.3 Å². The highest BCUT2D eigenvalue weighted by atomic mass is 16.5. The summed E-state index contributed by atoms with van der Waals surface area (Å²) in [6.45, 7) is 20.7. The molecule has 0 amide bonds.